The van der Waals surface area contributed by atoms with Crippen LogP contribution in [0.2, 0.25) is 0 Å². The van der Waals surface area contributed by atoms with Crippen LogP contribution in [0.4, 0.5) is 5.82 Å². The monoisotopic (exact) mass is 339 g/mol. The molecule has 0 saturated heterocycles. The van der Waals surface area contributed by atoms with Crippen molar-refractivity contribution in [1.82, 2.24) is 9.78 Å². The largest absolute Gasteiger partial charge is 0.481 e. The lowest BCUT2D eigenvalue weighted by Gasteiger charge is -2.15. The van der Waals surface area contributed by atoms with Gasteiger partial charge in [-0.2, -0.15) is 5.10 Å². The summed E-state index contributed by atoms with van der Waals surface area (Å²) in [5.41, 5.74) is 1.23. The lowest BCUT2D eigenvalue weighted by molar-refractivity contribution is -0.122. The molecule has 0 aliphatic rings. The summed E-state index contributed by atoms with van der Waals surface area (Å²) >= 11 is 0. The lowest BCUT2D eigenvalue weighted by Crippen LogP contribution is -2.31. The fourth-order valence-electron chi connectivity index (χ4n) is 2.40. The molecule has 0 aliphatic carbocycles. The van der Waals surface area contributed by atoms with Gasteiger partial charge in [-0.25, -0.2) is 4.68 Å². The molecule has 6 heteroatoms. The van der Waals surface area contributed by atoms with Crippen molar-refractivity contribution in [2.75, 3.05) is 5.32 Å². The van der Waals surface area contributed by atoms with Crippen molar-refractivity contribution in [2.24, 2.45) is 0 Å². The topological polar surface area (TPSA) is 69.3 Å². The number of aryl methyl sites for hydroxylation is 1. The van der Waals surface area contributed by atoms with Crippen LogP contribution in [0.3, 0.4) is 0 Å². The van der Waals surface area contributed by atoms with E-state index < -0.39 is 6.10 Å². The molecule has 3 aromatic rings. The maximum atomic E-state index is 12.4. The summed E-state index contributed by atoms with van der Waals surface area (Å²) in [5, 5.41) is 7.05. The van der Waals surface area contributed by atoms with E-state index in [1.54, 1.807) is 30.1 Å². The Kier molecular flexibility index (Phi) is 5.18. The van der Waals surface area contributed by atoms with Crippen LogP contribution in [-0.4, -0.2) is 21.8 Å². The van der Waals surface area contributed by atoms with Gasteiger partial charge in [0.25, 0.3) is 5.91 Å². The molecule has 0 fully saturated rings. The van der Waals surface area contributed by atoms with Crippen molar-refractivity contribution in [1.29, 1.82) is 0 Å². The molecular weight excluding hydrogens is 318 g/mol. The maximum absolute atomic E-state index is 12.4. The molecular formula is C19H21N3O3. The number of furan rings is 1. The van der Waals surface area contributed by atoms with E-state index in [4.69, 9.17) is 9.15 Å². The predicted octanol–water partition coefficient (Wildman–Crippen LogP) is 3.49. The Balaban J connectivity index is 1.60. The van der Waals surface area contributed by atoms with Gasteiger partial charge in [0.2, 0.25) is 0 Å². The number of aromatic nitrogens is 2. The molecule has 0 saturated carbocycles. The van der Waals surface area contributed by atoms with Crippen LogP contribution < -0.4 is 10.1 Å². The Morgan fingerprint density at radius 1 is 1.28 bits per heavy atom. The molecule has 6 nitrogen and oxygen atoms in total. The van der Waals surface area contributed by atoms with Crippen LogP contribution in [0.15, 0.2) is 59.3 Å². The van der Waals surface area contributed by atoms with E-state index in [1.807, 2.05) is 36.4 Å². The van der Waals surface area contributed by atoms with Gasteiger partial charge >= 0.3 is 0 Å². The smallest absolute Gasteiger partial charge is 0.266 e. The second-order valence-electron chi connectivity index (χ2n) is 5.70. The van der Waals surface area contributed by atoms with Gasteiger partial charge in [-0.05, 0) is 43.2 Å². The number of hydrogen-bond donors (Lipinski definition) is 1. The van der Waals surface area contributed by atoms with E-state index in [1.165, 1.54) is 5.56 Å². The Bertz CT molecular complexity index is 807. The van der Waals surface area contributed by atoms with Gasteiger partial charge in [0.1, 0.15) is 23.9 Å². The highest BCUT2D eigenvalue weighted by Gasteiger charge is 2.17. The molecule has 0 bridgehead atoms. The molecule has 25 heavy (non-hydrogen) atoms. The maximum Gasteiger partial charge on any atom is 0.266 e. The van der Waals surface area contributed by atoms with E-state index >= 15 is 0 Å². The molecule has 0 radical (unpaired) electrons. The molecule has 0 spiro atoms. The summed E-state index contributed by atoms with van der Waals surface area (Å²) in [6, 6.07) is 13.2. The first kappa shape index (κ1) is 16.8. The van der Waals surface area contributed by atoms with Gasteiger partial charge in [-0.3, -0.25) is 4.79 Å². The van der Waals surface area contributed by atoms with Crippen LogP contribution in [0.5, 0.6) is 5.75 Å². The minimum atomic E-state index is -0.626. The number of nitrogens with zero attached hydrogens (tertiary/aromatic N) is 2. The van der Waals surface area contributed by atoms with E-state index in [-0.39, 0.29) is 5.91 Å². The van der Waals surface area contributed by atoms with Crippen LogP contribution in [0, 0.1) is 0 Å². The first-order valence-corrected chi connectivity index (χ1v) is 8.26. The highest BCUT2D eigenvalue weighted by atomic mass is 16.5. The number of rotatable bonds is 7. The molecule has 1 aromatic carbocycles. The van der Waals surface area contributed by atoms with Crippen LogP contribution in [0.1, 0.15) is 25.2 Å². The van der Waals surface area contributed by atoms with Gasteiger partial charge in [0.15, 0.2) is 6.10 Å². The summed E-state index contributed by atoms with van der Waals surface area (Å²) < 4.78 is 12.7. The Hall–Kier alpha value is -3.02. The number of benzene rings is 1. The van der Waals surface area contributed by atoms with Crippen LogP contribution in [0.25, 0.3) is 0 Å². The number of nitrogens with one attached hydrogen (secondary N) is 1. The van der Waals surface area contributed by atoms with Crippen LogP contribution >= 0.6 is 0 Å². The Morgan fingerprint density at radius 2 is 2.08 bits per heavy atom. The van der Waals surface area contributed by atoms with Gasteiger partial charge in [-0.15, -0.1) is 0 Å². The lowest BCUT2D eigenvalue weighted by atomic mass is 10.2. The van der Waals surface area contributed by atoms with Gasteiger partial charge in [0.05, 0.1) is 12.5 Å². The number of amides is 1. The molecule has 2 aromatic heterocycles. The first-order chi connectivity index (χ1) is 12.2. The van der Waals surface area contributed by atoms with Crippen molar-refractivity contribution in [3.05, 3.63) is 66.2 Å². The molecule has 3 rings (SSSR count). The second kappa shape index (κ2) is 7.70. The number of hydrogen-bond acceptors (Lipinski definition) is 4. The fourth-order valence-corrected chi connectivity index (χ4v) is 2.40. The summed E-state index contributed by atoms with van der Waals surface area (Å²) in [5.74, 6) is 1.79. The number of carbonyl (C=O) groups is 1. The number of ether oxygens (including phenoxy) is 1. The minimum absolute atomic E-state index is 0.235. The summed E-state index contributed by atoms with van der Waals surface area (Å²) in [6.45, 7) is 4.26. The quantitative estimate of drug-likeness (QED) is 0.715. The van der Waals surface area contributed by atoms with Crippen LogP contribution in [-0.2, 0) is 17.8 Å². The van der Waals surface area contributed by atoms with Crippen molar-refractivity contribution in [2.45, 2.75) is 32.9 Å². The average molecular weight is 339 g/mol. The number of anilines is 1. The number of carbonyl (C=O) groups excluding carboxylic acids is 1. The molecule has 1 atom stereocenters. The average Bonchev–Trinajstić information content (AvgIpc) is 3.28. The second-order valence-corrected chi connectivity index (χ2v) is 5.70. The zero-order chi connectivity index (χ0) is 17.6. The third-order valence-electron chi connectivity index (χ3n) is 3.87. The standard InChI is InChI=1S/C19H21N3O3/c1-3-15-6-8-16(9-7-15)25-14(2)19(23)21-18-10-11-20-22(18)13-17-5-4-12-24-17/h4-12,14H,3,13H2,1-2H3,(H,21,23)/t14-/m0/s1. The molecule has 1 amide bonds. The van der Waals surface area contributed by atoms with E-state index in [0.717, 1.165) is 12.2 Å². The third-order valence-corrected chi connectivity index (χ3v) is 3.87. The van der Waals surface area contributed by atoms with Crippen molar-refractivity contribution in [3.8, 4) is 5.75 Å². The highest BCUT2D eigenvalue weighted by molar-refractivity contribution is 5.93. The van der Waals surface area contributed by atoms with E-state index in [0.29, 0.717) is 18.1 Å². The Labute approximate surface area is 146 Å². The zero-order valence-corrected chi connectivity index (χ0v) is 14.3. The molecule has 0 unspecified atom stereocenters. The highest BCUT2D eigenvalue weighted by Crippen LogP contribution is 2.16. The van der Waals surface area contributed by atoms with Gasteiger partial charge < -0.3 is 14.5 Å². The fraction of sp³-hybridized carbons (Fsp3) is 0.263. The molecule has 1 N–H and O–H groups in total. The normalized spacial score (nSPS) is 11.9. The molecule has 0 aliphatic heterocycles. The van der Waals surface area contributed by atoms with Gasteiger partial charge in [0, 0.05) is 6.07 Å². The first-order valence-electron chi connectivity index (χ1n) is 8.26. The van der Waals surface area contributed by atoms with Crippen molar-refractivity contribution >= 4 is 11.7 Å². The zero-order valence-electron chi connectivity index (χ0n) is 14.3. The SMILES string of the molecule is CCc1ccc(O[C@@H](C)C(=O)Nc2ccnn2Cc2ccco2)cc1. The molecule has 2 heterocycles. The third kappa shape index (κ3) is 4.29. The van der Waals surface area contributed by atoms with E-state index in [2.05, 4.69) is 17.3 Å². The summed E-state index contributed by atoms with van der Waals surface area (Å²) in [7, 11) is 0. The minimum Gasteiger partial charge on any atom is -0.481 e. The molecule has 130 valence electrons. The van der Waals surface area contributed by atoms with Crippen molar-refractivity contribution in [3.63, 3.8) is 0 Å². The summed E-state index contributed by atoms with van der Waals surface area (Å²) in [6.07, 6.45) is 3.58. The van der Waals surface area contributed by atoms with Crippen molar-refractivity contribution < 1.29 is 13.9 Å². The van der Waals surface area contributed by atoms with E-state index in [9.17, 15) is 4.79 Å². The predicted molar refractivity (Wildman–Crippen MR) is 94.6 cm³/mol. The van der Waals surface area contributed by atoms with Gasteiger partial charge in [-0.1, -0.05) is 19.1 Å². The summed E-state index contributed by atoms with van der Waals surface area (Å²) in [4.78, 5) is 12.4. The Morgan fingerprint density at radius 3 is 2.76 bits per heavy atom.